The van der Waals surface area contributed by atoms with Crippen LogP contribution in [0.25, 0.3) is 0 Å². The maximum atomic E-state index is 14.6. The number of carboxylic acids is 1. The Morgan fingerprint density at radius 1 is 0.540 bits per heavy atom. The monoisotopic (exact) mass is 877 g/mol. The van der Waals surface area contributed by atoms with Gasteiger partial charge >= 0.3 is 5.97 Å². The molecule has 63 heavy (non-hydrogen) atoms. The highest BCUT2D eigenvalue weighted by Crippen LogP contribution is 2.50. The number of likely N-dealkylation sites (tertiary alicyclic amines) is 1. The summed E-state index contributed by atoms with van der Waals surface area (Å²) in [6.07, 6.45) is 3.26. The number of nitrogens with one attached hydrogen (secondary N) is 2. The summed E-state index contributed by atoms with van der Waals surface area (Å²) in [6.45, 7) is 0.855. The van der Waals surface area contributed by atoms with Crippen molar-refractivity contribution in [3.05, 3.63) is 215 Å². The molecule has 4 N–H and O–H groups in total. The van der Waals surface area contributed by atoms with E-state index in [1.165, 1.54) is 23.5 Å². The molecule has 0 bridgehead atoms. The normalized spacial score (nSPS) is 16.6. The van der Waals surface area contributed by atoms with Crippen LogP contribution in [0.1, 0.15) is 65.5 Å². The van der Waals surface area contributed by atoms with Gasteiger partial charge in [-0.05, 0) is 52.6 Å². The van der Waals surface area contributed by atoms with Gasteiger partial charge in [0.25, 0.3) is 0 Å². The number of aliphatic hydroxyl groups excluding tert-OH is 1. The Kier molecular flexibility index (Phi) is 15.6. The summed E-state index contributed by atoms with van der Waals surface area (Å²) in [5, 5.41) is 26.9. The average molecular weight is 878 g/mol. The van der Waals surface area contributed by atoms with Crippen LogP contribution in [-0.2, 0) is 23.9 Å². The molecule has 10 heteroatoms. The Hall–Kier alpha value is -5.65. The van der Waals surface area contributed by atoms with E-state index in [0.717, 1.165) is 46.2 Å². The van der Waals surface area contributed by atoms with Gasteiger partial charge in [0.2, 0.25) is 17.5 Å². The van der Waals surface area contributed by atoms with E-state index in [-0.39, 0.29) is 24.0 Å². The zero-order valence-electron chi connectivity index (χ0n) is 35.4. The third-order valence-electron chi connectivity index (χ3n) is 11.9. The number of aliphatic carboxylic acids is 1. The van der Waals surface area contributed by atoms with Gasteiger partial charge < -0.3 is 20.8 Å². The zero-order chi connectivity index (χ0) is 44.0. The second-order valence-corrected chi connectivity index (χ2v) is 18.2. The molecule has 1 aliphatic heterocycles. The molecule has 7 rings (SSSR count). The van der Waals surface area contributed by atoms with Gasteiger partial charge in [0.15, 0.2) is 0 Å². The minimum atomic E-state index is -1.90. The van der Waals surface area contributed by atoms with Crippen LogP contribution in [-0.4, -0.2) is 75.8 Å². The van der Waals surface area contributed by atoms with Gasteiger partial charge in [0.1, 0.15) is 0 Å². The van der Waals surface area contributed by atoms with Gasteiger partial charge in [-0.3, -0.25) is 14.5 Å². The van der Waals surface area contributed by atoms with Crippen LogP contribution in [0, 0.1) is 0 Å². The number of thioether (sulfide) groups is 2. The Morgan fingerprint density at radius 2 is 0.889 bits per heavy atom. The zero-order valence-corrected chi connectivity index (χ0v) is 37.0. The molecule has 2 amide bonds. The smallest absolute Gasteiger partial charge is 0.347 e. The summed E-state index contributed by atoms with van der Waals surface area (Å²) in [5.41, 5.74) is 4.08. The molecule has 0 spiro atoms. The standard InChI is InChI=1S/C53H55N3O5S2/c57-38-22-2-1-21-36-56-37-35-47(54-48(58)39-62-51(41-23-9-3-10-24-41,42-25-11-4-12-26-42)43-27-13-5-14-28-43)53(56,50(60)61)55-49(59)40-63-52(44-29-15-6-16-30-44,45-31-17-7-18-32-45)46-33-19-8-20-34-46/h3-20,23-34,47,57H,1-2,21-22,35-40H2,(H,54,58)(H,55,59)(H,60,61)/t47?,53-/m0/s1. The third kappa shape index (κ3) is 9.95. The number of unbranched alkanes of at least 4 members (excludes halogenated alkanes) is 3. The molecule has 6 aromatic rings. The van der Waals surface area contributed by atoms with E-state index >= 15 is 0 Å². The molecule has 0 saturated carbocycles. The van der Waals surface area contributed by atoms with Gasteiger partial charge in [-0.2, -0.15) is 0 Å². The third-order valence-corrected chi connectivity index (χ3v) is 15.0. The first-order valence-corrected chi connectivity index (χ1v) is 23.6. The number of hydrogen-bond donors (Lipinski definition) is 4. The molecule has 324 valence electrons. The second kappa shape index (κ2) is 21.6. The van der Waals surface area contributed by atoms with Crippen LogP contribution in [0.3, 0.4) is 0 Å². The number of carbonyl (C=O) groups excluding carboxylic acids is 2. The van der Waals surface area contributed by atoms with Crippen molar-refractivity contribution in [2.45, 2.75) is 53.3 Å². The maximum absolute atomic E-state index is 14.6. The van der Waals surface area contributed by atoms with E-state index in [2.05, 4.69) is 83.4 Å². The van der Waals surface area contributed by atoms with Crippen molar-refractivity contribution in [1.82, 2.24) is 15.5 Å². The van der Waals surface area contributed by atoms with Crippen LogP contribution in [0.15, 0.2) is 182 Å². The molecule has 1 fully saturated rings. The van der Waals surface area contributed by atoms with Gasteiger partial charge in [-0.1, -0.05) is 195 Å². The molecule has 0 radical (unpaired) electrons. The lowest BCUT2D eigenvalue weighted by molar-refractivity contribution is -0.156. The highest BCUT2D eigenvalue weighted by Gasteiger charge is 2.57. The van der Waals surface area contributed by atoms with E-state index in [1.807, 2.05) is 114 Å². The number of amides is 2. The predicted octanol–water partition coefficient (Wildman–Crippen LogP) is 9.08. The Bertz CT molecular complexity index is 2170. The maximum Gasteiger partial charge on any atom is 0.347 e. The van der Waals surface area contributed by atoms with Crippen LogP contribution < -0.4 is 10.6 Å². The van der Waals surface area contributed by atoms with Gasteiger partial charge in [0, 0.05) is 19.7 Å². The summed E-state index contributed by atoms with van der Waals surface area (Å²) >= 11 is 2.93. The number of benzene rings is 6. The van der Waals surface area contributed by atoms with Crippen molar-refractivity contribution in [2.24, 2.45) is 0 Å². The number of aliphatic hydroxyl groups is 1. The lowest BCUT2D eigenvalue weighted by Gasteiger charge is -2.40. The minimum Gasteiger partial charge on any atom is -0.478 e. The first-order valence-electron chi connectivity index (χ1n) is 21.7. The molecule has 1 aliphatic rings. The molecule has 1 heterocycles. The lowest BCUT2D eigenvalue weighted by Crippen LogP contribution is -2.71. The molecule has 2 atom stereocenters. The summed E-state index contributed by atoms with van der Waals surface area (Å²) in [7, 11) is 0. The Balaban J connectivity index is 1.19. The van der Waals surface area contributed by atoms with Crippen LogP contribution in [0.2, 0.25) is 0 Å². The quantitative estimate of drug-likeness (QED) is 0.0418. The molecule has 8 nitrogen and oxygen atoms in total. The topological polar surface area (TPSA) is 119 Å². The van der Waals surface area contributed by atoms with Crippen molar-refractivity contribution in [2.75, 3.05) is 31.2 Å². The molecule has 0 aromatic heterocycles. The fraction of sp³-hybridized carbons (Fsp3) is 0.264. The summed E-state index contributed by atoms with van der Waals surface area (Å²) in [4.78, 5) is 44.7. The van der Waals surface area contributed by atoms with Gasteiger partial charge in [0.05, 0.1) is 27.0 Å². The van der Waals surface area contributed by atoms with E-state index in [4.69, 9.17) is 0 Å². The van der Waals surface area contributed by atoms with Gasteiger partial charge in [-0.15, -0.1) is 23.5 Å². The molecular weight excluding hydrogens is 823 g/mol. The van der Waals surface area contributed by atoms with Crippen LogP contribution in [0.4, 0.5) is 0 Å². The van der Waals surface area contributed by atoms with Crippen LogP contribution in [0.5, 0.6) is 0 Å². The Labute approximate surface area is 379 Å². The largest absolute Gasteiger partial charge is 0.478 e. The number of rotatable bonds is 21. The molecule has 0 aliphatic carbocycles. The fourth-order valence-corrected chi connectivity index (χ4v) is 11.7. The van der Waals surface area contributed by atoms with Crippen molar-refractivity contribution in [1.29, 1.82) is 0 Å². The molecular formula is C53H55N3O5S2. The van der Waals surface area contributed by atoms with E-state index < -0.39 is 33.1 Å². The predicted molar refractivity (Wildman–Crippen MR) is 256 cm³/mol. The van der Waals surface area contributed by atoms with Crippen molar-refractivity contribution in [3.8, 4) is 0 Å². The highest BCUT2D eigenvalue weighted by atomic mass is 32.2. The Morgan fingerprint density at radius 3 is 1.24 bits per heavy atom. The average Bonchev–Trinajstić information content (AvgIpc) is 3.67. The molecule has 1 unspecified atom stereocenters. The van der Waals surface area contributed by atoms with Gasteiger partial charge in [-0.25, -0.2) is 4.79 Å². The summed E-state index contributed by atoms with van der Waals surface area (Å²) in [5.74, 6) is -2.05. The first-order chi connectivity index (χ1) is 30.8. The SMILES string of the molecule is O=C(CSC(c1ccccc1)(c1ccccc1)c1ccccc1)NC1CCN(CCCCCCO)[C@]1(NC(=O)CSC(c1ccccc1)(c1ccccc1)c1ccccc1)C(=O)O. The summed E-state index contributed by atoms with van der Waals surface area (Å²) in [6, 6.07) is 59.6. The molecule has 6 aromatic carbocycles. The number of carboxylic acid groups (broad SMARTS) is 1. The first kappa shape index (κ1) is 45.4. The summed E-state index contributed by atoms with van der Waals surface area (Å²) < 4.78 is -1.55. The molecule has 1 saturated heterocycles. The second-order valence-electron chi connectivity index (χ2n) is 15.8. The fourth-order valence-electron chi connectivity index (χ4n) is 9.00. The lowest BCUT2D eigenvalue weighted by atomic mass is 9.84. The van der Waals surface area contributed by atoms with E-state index in [0.29, 0.717) is 32.4 Å². The van der Waals surface area contributed by atoms with Crippen molar-refractivity contribution in [3.63, 3.8) is 0 Å². The number of hydrogen-bond acceptors (Lipinski definition) is 7. The van der Waals surface area contributed by atoms with E-state index in [1.54, 1.807) is 0 Å². The number of carbonyl (C=O) groups is 3. The van der Waals surface area contributed by atoms with Crippen LogP contribution >= 0.6 is 23.5 Å². The van der Waals surface area contributed by atoms with Crippen molar-refractivity contribution >= 4 is 41.3 Å². The number of nitrogens with zero attached hydrogens (tertiary/aromatic N) is 1. The minimum absolute atomic E-state index is 0.0174. The highest BCUT2D eigenvalue weighted by molar-refractivity contribution is 8.01. The van der Waals surface area contributed by atoms with E-state index in [9.17, 15) is 24.6 Å². The van der Waals surface area contributed by atoms with Crippen molar-refractivity contribution < 1.29 is 24.6 Å².